The fourth-order valence-electron chi connectivity index (χ4n) is 1.07. The number of sulfone groups is 1. The standard InChI is InChI=1S/C9H9ClFIO3S/c1-16(14,15)9(10,12)8(13)6-3-2-4-7(11)5-6/h2-5,8,13H,1H3/t8-,9+/m1/s1. The molecule has 16 heavy (non-hydrogen) atoms. The predicted molar refractivity (Wildman–Crippen MR) is 68.8 cm³/mol. The predicted octanol–water partition coefficient (Wildman–Crippen LogP) is 2.23. The lowest BCUT2D eigenvalue weighted by Gasteiger charge is -2.24. The van der Waals surface area contributed by atoms with Gasteiger partial charge in [-0.05, 0) is 40.3 Å². The van der Waals surface area contributed by atoms with Crippen molar-refractivity contribution in [2.45, 2.75) is 8.32 Å². The smallest absolute Gasteiger partial charge is 0.224 e. The maximum atomic E-state index is 12.9. The Morgan fingerprint density at radius 2 is 2.12 bits per heavy atom. The topological polar surface area (TPSA) is 54.4 Å². The van der Waals surface area contributed by atoms with E-state index < -0.39 is 24.0 Å². The third-order valence-corrected chi connectivity index (χ3v) is 7.23. The average molecular weight is 379 g/mol. The average Bonchev–Trinajstić information content (AvgIpc) is 2.14. The summed E-state index contributed by atoms with van der Waals surface area (Å²) in [6, 6.07) is 5.03. The zero-order valence-corrected chi connectivity index (χ0v) is 11.9. The zero-order valence-electron chi connectivity index (χ0n) is 8.19. The van der Waals surface area contributed by atoms with Gasteiger partial charge < -0.3 is 5.11 Å². The molecular weight excluding hydrogens is 370 g/mol. The third-order valence-electron chi connectivity index (χ3n) is 1.98. The molecule has 0 amide bonds. The van der Waals surface area contributed by atoms with E-state index in [1.54, 1.807) is 0 Å². The molecule has 0 unspecified atom stereocenters. The van der Waals surface area contributed by atoms with Crippen LogP contribution in [-0.2, 0) is 9.84 Å². The first-order valence-electron chi connectivity index (χ1n) is 4.17. The van der Waals surface area contributed by atoms with Crippen LogP contribution in [0.2, 0.25) is 0 Å². The minimum Gasteiger partial charge on any atom is -0.385 e. The Balaban J connectivity index is 3.17. The van der Waals surface area contributed by atoms with Crippen LogP contribution in [0.25, 0.3) is 0 Å². The molecule has 0 spiro atoms. The number of hydrogen-bond acceptors (Lipinski definition) is 3. The minimum absolute atomic E-state index is 0.120. The highest BCUT2D eigenvalue weighted by atomic mass is 127. The molecule has 1 aromatic rings. The molecule has 1 aromatic carbocycles. The maximum Gasteiger partial charge on any atom is 0.224 e. The summed E-state index contributed by atoms with van der Waals surface area (Å²) in [5.41, 5.74) is 0.120. The van der Waals surface area contributed by atoms with Gasteiger partial charge in [0.2, 0.25) is 2.21 Å². The summed E-state index contributed by atoms with van der Waals surface area (Å²) in [5.74, 6) is -0.561. The van der Waals surface area contributed by atoms with Gasteiger partial charge in [-0.3, -0.25) is 0 Å². The van der Waals surface area contributed by atoms with Crippen LogP contribution in [0.15, 0.2) is 24.3 Å². The lowest BCUT2D eigenvalue weighted by molar-refractivity contribution is 0.187. The van der Waals surface area contributed by atoms with Crippen LogP contribution in [0.3, 0.4) is 0 Å². The molecule has 90 valence electrons. The van der Waals surface area contributed by atoms with Gasteiger partial charge in [0.25, 0.3) is 0 Å². The van der Waals surface area contributed by atoms with Crippen molar-refractivity contribution in [1.29, 1.82) is 0 Å². The SMILES string of the molecule is CS(=O)(=O)[C@@](Cl)(I)[C@H](O)c1cccc(F)c1. The summed E-state index contributed by atoms with van der Waals surface area (Å²) < 4.78 is 33.7. The Morgan fingerprint density at radius 3 is 2.56 bits per heavy atom. The van der Waals surface area contributed by atoms with E-state index in [1.165, 1.54) is 40.8 Å². The zero-order chi connectivity index (χ0) is 12.6. The lowest BCUT2D eigenvalue weighted by Crippen LogP contribution is -2.32. The fraction of sp³-hybridized carbons (Fsp3) is 0.333. The Hall–Kier alpha value is 0.0800. The number of aliphatic hydroxyl groups excluding tert-OH is 1. The molecule has 0 fully saturated rings. The Labute approximate surface area is 112 Å². The lowest BCUT2D eigenvalue weighted by atomic mass is 10.1. The van der Waals surface area contributed by atoms with Crippen molar-refractivity contribution in [2.24, 2.45) is 0 Å². The quantitative estimate of drug-likeness (QED) is 0.648. The van der Waals surface area contributed by atoms with Crippen LogP contribution < -0.4 is 0 Å². The van der Waals surface area contributed by atoms with Crippen LogP contribution in [0.1, 0.15) is 11.7 Å². The summed E-state index contributed by atoms with van der Waals surface area (Å²) in [5, 5.41) is 9.82. The van der Waals surface area contributed by atoms with Crippen LogP contribution in [0.4, 0.5) is 4.39 Å². The number of rotatable bonds is 3. The second-order valence-corrected chi connectivity index (χ2v) is 9.37. The molecule has 0 radical (unpaired) electrons. The molecule has 0 aliphatic heterocycles. The Bertz CT molecular complexity index is 489. The van der Waals surface area contributed by atoms with Gasteiger partial charge in [-0.1, -0.05) is 23.7 Å². The van der Waals surface area contributed by atoms with Crippen molar-refractivity contribution in [3.05, 3.63) is 35.6 Å². The molecule has 0 saturated heterocycles. The summed E-state index contributed by atoms with van der Waals surface area (Å²) in [4.78, 5) is 0. The first kappa shape index (κ1) is 14.1. The summed E-state index contributed by atoms with van der Waals surface area (Å²) in [6.45, 7) is 0. The monoisotopic (exact) mass is 378 g/mol. The molecule has 1 rings (SSSR count). The number of benzene rings is 1. The molecule has 1 N–H and O–H groups in total. The van der Waals surface area contributed by atoms with E-state index in [4.69, 9.17) is 11.6 Å². The Kier molecular flexibility index (Phi) is 4.20. The van der Waals surface area contributed by atoms with Gasteiger partial charge in [-0.2, -0.15) is 0 Å². The van der Waals surface area contributed by atoms with E-state index in [1.807, 2.05) is 0 Å². The highest BCUT2D eigenvalue weighted by Crippen LogP contribution is 2.42. The van der Waals surface area contributed by atoms with Crippen molar-refractivity contribution in [3.63, 3.8) is 0 Å². The van der Waals surface area contributed by atoms with Crippen LogP contribution >= 0.6 is 34.2 Å². The molecule has 0 bridgehead atoms. The highest BCUT2D eigenvalue weighted by molar-refractivity contribution is 14.1. The largest absolute Gasteiger partial charge is 0.385 e. The van der Waals surface area contributed by atoms with Gasteiger partial charge in [0.1, 0.15) is 11.9 Å². The van der Waals surface area contributed by atoms with Crippen molar-refractivity contribution in [2.75, 3.05) is 6.26 Å². The van der Waals surface area contributed by atoms with E-state index in [0.717, 1.165) is 12.3 Å². The van der Waals surface area contributed by atoms with Crippen LogP contribution in [0, 0.1) is 5.82 Å². The number of hydrogen-bond donors (Lipinski definition) is 1. The highest BCUT2D eigenvalue weighted by Gasteiger charge is 2.44. The van der Waals surface area contributed by atoms with Gasteiger partial charge in [-0.15, -0.1) is 0 Å². The normalized spacial score (nSPS) is 17.8. The van der Waals surface area contributed by atoms with Gasteiger partial charge in [0.15, 0.2) is 9.84 Å². The Morgan fingerprint density at radius 1 is 1.56 bits per heavy atom. The van der Waals surface area contributed by atoms with Gasteiger partial charge in [0.05, 0.1) is 0 Å². The van der Waals surface area contributed by atoms with Crippen molar-refractivity contribution >= 4 is 44.0 Å². The molecule has 7 heteroatoms. The maximum absolute atomic E-state index is 12.9. The van der Waals surface area contributed by atoms with Crippen LogP contribution in [0.5, 0.6) is 0 Å². The second kappa shape index (κ2) is 4.75. The molecule has 0 saturated carbocycles. The van der Waals surface area contributed by atoms with Gasteiger partial charge >= 0.3 is 0 Å². The second-order valence-electron chi connectivity index (χ2n) is 3.29. The first-order chi connectivity index (χ1) is 7.16. The number of alkyl halides is 2. The molecule has 3 nitrogen and oxygen atoms in total. The van der Waals surface area contributed by atoms with Gasteiger partial charge in [-0.25, -0.2) is 12.8 Å². The van der Waals surface area contributed by atoms with E-state index in [0.29, 0.717) is 0 Å². The van der Waals surface area contributed by atoms with E-state index in [2.05, 4.69) is 0 Å². The summed E-state index contributed by atoms with van der Waals surface area (Å²) >= 11 is 7.20. The number of aliphatic hydroxyl groups is 1. The van der Waals surface area contributed by atoms with Gasteiger partial charge in [0, 0.05) is 6.26 Å². The van der Waals surface area contributed by atoms with Crippen molar-refractivity contribution < 1.29 is 17.9 Å². The fourth-order valence-corrected chi connectivity index (χ4v) is 2.10. The molecular formula is C9H9ClFIO3S. The summed E-state index contributed by atoms with van der Waals surface area (Å²) in [6.07, 6.45) is -0.588. The van der Waals surface area contributed by atoms with Crippen molar-refractivity contribution in [3.8, 4) is 0 Å². The van der Waals surface area contributed by atoms with E-state index in [-0.39, 0.29) is 5.56 Å². The minimum atomic E-state index is -3.68. The molecule has 0 heterocycles. The molecule has 2 atom stereocenters. The first-order valence-corrected chi connectivity index (χ1v) is 7.52. The van der Waals surface area contributed by atoms with Crippen molar-refractivity contribution in [1.82, 2.24) is 0 Å². The molecule has 0 aromatic heterocycles. The van der Waals surface area contributed by atoms with Crippen LogP contribution in [-0.4, -0.2) is 22.0 Å². The number of halogens is 3. The molecule has 0 aliphatic carbocycles. The summed E-state index contributed by atoms with van der Waals surface area (Å²) in [7, 11) is -3.68. The van der Waals surface area contributed by atoms with E-state index >= 15 is 0 Å². The third kappa shape index (κ3) is 2.85. The molecule has 0 aliphatic rings. The van der Waals surface area contributed by atoms with E-state index in [9.17, 15) is 17.9 Å².